The molecule has 14 amide bonds. The number of aliphatic hydroxyl groups excluding tert-OH is 1. The first-order chi connectivity index (χ1) is 62.7. The Morgan fingerprint density at radius 3 is 1.86 bits per heavy atom. The van der Waals surface area contributed by atoms with Crippen LogP contribution in [0.3, 0.4) is 0 Å². The minimum atomic E-state index is -1.91. The van der Waals surface area contributed by atoms with Crippen molar-refractivity contribution < 1.29 is 91.4 Å². The molecule has 1 aliphatic heterocycles. The SMILES string of the molecule is CC(=O)CCCCC[C@@H]1NC(=O)[C@H](Cc2c[nH]c3c(C)cccc23)NC(=O)[C@H]([C@@H](C)O)NC(=O)[C@H](CC(N)=O)NC(=O)[C@@H](NC(C)=O)C(C)(C)SSC(C)(C)[C@@H](C(=O)C[C@@H](Cc2ccc(OCCN)cc2)C(=O)N[C@@H](Cc2ccc3ccccc3c2)C(=O)C[C@@](C)(CCCCN)C(=O)N[C@@H](CCCCNC(C)=O)C(=O)C[C@@H](CC(C)N)C(=O)N[C@@H](CCCNC(N)=O)C(N)=O)NC1=O. The van der Waals surface area contributed by atoms with Crippen LogP contribution in [0.2, 0.25) is 0 Å². The zero-order chi connectivity index (χ0) is 98.6. The van der Waals surface area contributed by atoms with Gasteiger partial charge in [-0.2, -0.15) is 0 Å². The van der Waals surface area contributed by atoms with Crippen LogP contribution in [0.4, 0.5) is 4.79 Å². The van der Waals surface area contributed by atoms with Gasteiger partial charge in [-0.25, -0.2) is 4.79 Å². The number of hydrogen-bond acceptors (Lipinski definition) is 24. The molecule has 39 heteroatoms. The van der Waals surface area contributed by atoms with Crippen molar-refractivity contribution in [3.8, 4) is 5.75 Å². The number of carbonyl (C=O) groups is 17. The zero-order valence-electron chi connectivity index (χ0n) is 78.1. The average Bonchev–Trinajstić information content (AvgIpc) is 1.77. The van der Waals surface area contributed by atoms with E-state index in [0.717, 1.165) is 44.8 Å². The topological polar surface area (TPSA) is 624 Å². The van der Waals surface area contributed by atoms with Crippen LogP contribution in [0, 0.1) is 24.2 Å². The summed E-state index contributed by atoms with van der Waals surface area (Å²) in [6.07, 6.45) is -1.25. The van der Waals surface area contributed by atoms with E-state index in [2.05, 4.69) is 63.5 Å². The number of ether oxygens (including phenoxy) is 1. The standard InChI is InChI=1S/C94H138N18O19S2/c1-53-23-21-27-67-65(52-103-78(53)67)47-72-86(125)106-70(29-14-12-13-24-55(3)113)85(124)112-80(92(7,8)132-133-93(9,10)81(104-58(6)116)89(128)109-73(50-77(98)120)87(126)111-79(56(4)114)88(127)108-72)75(118)49-64(44-59-32-35-66(36-33-59)131-42-39-96)84(123)107-71(46-60-31-34-61-25-15-16-26-62(61)45-60)76(119)51-94(11,37-18-19-38-95)90(129)110-68(28-17-20-40-101-57(5)115)74(117)48-63(43-54(2)97)83(122)105-69(82(99)121)30-22-41-102-91(100)130/h15-16,21,23,25-27,31-36,45,52,54,56,63-64,68-73,79-81,103,114H,12-14,17-20,22,24,28-30,37-44,46-51,95-97H2,1-11H3,(H2,98,120)(H2,99,121)(H,101,115)(H,104,116)(H,105,122)(H,106,125)(H,107,123)(H,108,127)(H,109,128)(H,110,129)(H,111,126)(H,112,124)(H3,100,102,130)/t54?,56-,63-,64-,68+,69+,70+,71+,72+,73+,79+,80-,81-,94-/m1/s1. The predicted octanol–water partition coefficient (Wildman–Crippen LogP) is 3.35. The summed E-state index contributed by atoms with van der Waals surface area (Å²) in [6.45, 7) is 17.1. The molecule has 1 aromatic heterocycles. The van der Waals surface area contributed by atoms with Gasteiger partial charge in [0.1, 0.15) is 60.4 Å². The second-order valence-electron chi connectivity index (χ2n) is 36.1. The van der Waals surface area contributed by atoms with Gasteiger partial charge in [-0.3, -0.25) is 71.9 Å². The van der Waals surface area contributed by atoms with Crippen molar-refractivity contribution in [2.45, 2.75) is 287 Å². The van der Waals surface area contributed by atoms with Crippen LogP contribution in [0.25, 0.3) is 21.7 Å². The Balaban J connectivity index is 1.53. The Labute approximate surface area is 784 Å². The van der Waals surface area contributed by atoms with Crippen molar-refractivity contribution in [3.63, 3.8) is 0 Å². The highest BCUT2D eigenvalue weighted by molar-refractivity contribution is 8.77. The average molecular weight is 1890 g/mol. The number of para-hydroxylation sites is 1. The fourth-order valence-corrected chi connectivity index (χ4v) is 18.8. The van der Waals surface area contributed by atoms with Crippen LogP contribution in [0.5, 0.6) is 5.75 Å². The molecule has 1 fully saturated rings. The van der Waals surface area contributed by atoms with Crippen molar-refractivity contribution in [1.29, 1.82) is 0 Å². The molecule has 0 bridgehead atoms. The Hall–Kier alpha value is -11.4. The van der Waals surface area contributed by atoms with Crippen molar-refractivity contribution in [1.82, 2.24) is 63.5 Å². The zero-order valence-corrected chi connectivity index (χ0v) is 79.8. The van der Waals surface area contributed by atoms with E-state index < -0.39 is 207 Å². The number of rotatable bonds is 50. The van der Waals surface area contributed by atoms with Gasteiger partial charge in [0.15, 0.2) is 17.3 Å². The number of urea groups is 1. The van der Waals surface area contributed by atoms with Gasteiger partial charge < -0.3 is 113 Å². The molecule has 1 unspecified atom stereocenters. The maximum absolute atomic E-state index is 16.5. The van der Waals surface area contributed by atoms with Crippen LogP contribution in [0.15, 0.2) is 91.1 Å². The van der Waals surface area contributed by atoms with Crippen molar-refractivity contribution in [2.75, 3.05) is 32.8 Å². The highest BCUT2D eigenvalue weighted by atomic mass is 33.1. The fourth-order valence-electron chi connectivity index (χ4n) is 15.9. The van der Waals surface area contributed by atoms with Crippen LogP contribution in [-0.2, 0) is 96.0 Å². The van der Waals surface area contributed by atoms with Gasteiger partial charge in [-0.1, -0.05) is 121 Å². The van der Waals surface area contributed by atoms with Gasteiger partial charge in [0.2, 0.25) is 70.9 Å². The molecule has 0 spiro atoms. The van der Waals surface area contributed by atoms with E-state index in [1.165, 1.54) is 20.8 Å². The molecule has 14 atom stereocenters. The molecule has 730 valence electrons. The number of aliphatic hydroxyl groups is 1. The monoisotopic (exact) mass is 1890 g/mol. The van der Waals surface area contributed by atoms with Crippen LogP contribution in [0.1, 0.15) is 207 Å². The highest BCUT2D eigenvalue weighted by Gasteiger charge is 2.47. The summed E-state index contributed by atoms with van der Waals surface area (Å²) < 4.78 is 2.74. The smallest absolute Gasteiger partial charge is 0.312 e. The molecule has 1 saturated heterocycles. The van der Waals surface area contributed by atoms with Gasteiger partial charge in [-0.15, -0.1) is 0 Å². The Morgan fingerprint density at radius 2 is 1.23 bits per heavy atom. The summed E-state index contributed by atoms with van der Waals surface area (Å²) >= 11 is 0. The number of nitrogens with one attached hydrogen (secondary N) is 12. The molecular formula is C94H138N18O19S2. The van der Waals surface area contributed by atoms with Gasteiger partial charge in [0.25, 0.3) is 0 Å². The van der Waals surface area contributed by atoms with Gasteiger partial charge in [0, 0.05) is 110 Å². The number of aromatic nitrogens is 1. The van der Waals surface area contributed by atoms with Crippen molar-refractivity contribution >= 4 is 143 Å². The number of carbonyl (C=O) groups excluding carboxylic acids is 17. The number of primary amides is 3. The molecule has 5 aromatic rings. The second kappa shape index (κ2) is 53.5. The number of fused-ring (bicyclic) bond motifs is 2. The number of aromatic amines is 1. The summed E-state index contributed by atoms with van der Waals surface area (Å²) in [7, 11) is 1.92. The Morgan fingerprint density at radius 1 is 0.594 bits per heavy atom. The third kappa shape index (κ3) is 36.2. The molecule has 2 heterocycles. The molecule has 0 aliphatic carbocycles. The van der Waals surface area contributed by atoms with Crippen LogP contribution < -0.4 is 97.6 Å². The molecule has 25 N–H and O–H groups in total. The normalized spacial score (nSPS) is 19.4. The van der Waals surface area contributed by atoms with E-state index in [9.17, 15) is 53.1 Å². The van der Waals surface area contributed by atoms with E-state index in [1.54, 1.807) is 90.2 Å². The lowest BCUT2D eigenvalue weighted by Gasteiger charge is -2.39. The third-order valence-corrected chi connectivity index (χ3v) is 27.6. The lowest BCUT2D eigenvalue weighted by atomic mass is 9.77. The molecule has 133 heavy (non-hydrogen) atoms. The summed E-state index contributed by atoms with van der Waals surface area (Å²) in [5, 5.41) is 43.3. The van der Waals surface area contributed by atoms with Crippen molar-refractivity contribution in [3.05, 3.63) is 113 Å². The number of H-pyrrole nitrogens is 1. The predicted molar refractivity (Wildman–Crippen MR) is 508 cm³/mol. The molecule has 1 aliphatic rings. The Bertz CT molecular complexity index is 4890. The lowest BCUT2D eigenvalue weighted by Crippen LogP contribution is -2.63. The number of ketones is 4. The van der Waals surface area contributed by atoms with E-state index in [-0.39, 0.29) is 128 Å². The van der Waals surface area contributed by atoms with Crippen LogP contribution in [-0.4, -0.2) is 219 Å². The number of Topliss-reactive ketones (excluding diaryl/α,β-unsaturated/α-hetero) is 4. The number of hydrogen-bond donors (Lipinski definition) is 19. The van der Waals surface area contributed by atoms with E-state index in [4.69, 9.17) is 39.1 Å². The first-order valence-corrected chi connectivity index (χ1v) is 47.5. The van der Waals surface area contributed by atoms with Gasteiger partial charge in [0.05, 0.1) is 30.0 Å². The largest absolute Gasteiger partial charge is 0.492 e. The molecule has 4 aromatic carbocycles. The fraction of sp³-hybridized carbons (Fsp3) is 0.564. The first-order valence-electron chi connectivity index (χ1n) is 45.3. The maximum Gasteiger partial charge on any atom is 0.312 e. The molecule has 6 rings (SSSR count). The highest BCUT2D eigenvalue weighted by Crippen LogP contribution is 2.47. The molecule has 0 radical (unpaired) electrons. The lowest BCUT2D eigenvalue weighted by molar-refractivity contribution is -0.139. The molecule has 37 nitrogen and oxygen atoms in total. The molecular weight excluding hydrogens is 1750 g/mol. The second-order valence-corrected chi connectivity index (χ2v) is 39.5. The minimum absolute atomic E-state index is 0.00649. The number of benzene rings is 4. The number of unbranched alkanes of at least 4 members (excludes halogenated alkanes) is 4. The van der Waals surface area contributed by atoms with Crippen LogP contribution >= 0.6 is 21.6 Å². The molecule has 0 saturated carbocycles. The summed E-state index contributed by atoms with van der Waals surface area (Å²) in [5.41, 5.74) is 36.2. The minimum Gasteiger partial charge on any atom is -0.492 e. The van der Waals surface area contributed by atoms with E-state index in [0.29, 0.717) is 59.0 Å². The quantitative estimate of drug-likeness (QED) is 0.0196. The number of nitrogens with two attached hydrogens (primary N) is 6. The maximum atomic E-state index is 16.5. The summed E-state index contributed by atoms with van der Waals surface area (Å²) in [6, 6.07) is 9.04. The summed E-state index contributed by atoms with van der Waals surface area (Å²) in [5.74, 6) is -15.1. The van der Waals surface area contributed by atoms with Gasteiger partial charge >= 0.3 is 6.03 Å². The van der Waals surface area contributed by atoms with E-state index in [1.807, 2.05) is 49.4 Å². The van der Waals surface area contributed by atoms with E-state index >= 15 is 33.6 Å². The van der Waals surface area contributed by atoms with Crippen molar-refractivity contribution in [2.24, 2.45) is 51.7 Å². The Kier molecular flexibility index (Phi) is 44.4. The third-order valence-electron chi connectivity index (χ3n) is 23.4. The summed E-state index contributed by atoms with van der Waals surface area (Å²) in [4.78, 5) is 248. The first kappa shape index (κ1) is 110. The van der Waals surface area contributed by atoms with Gasteiger partial charge in [-0.05, 0) is 184 Å². The number of amides is 14. The number of aryl methyl sites for hydroxylation is 1.